The number of aliphatic hydroxyl groups excluding tert-OH is 1. The van der Waals surface area contributed by atoms with Gasteiger partial charge >= 0.3 is 5.97 Å². The molecule has 1 atom stereocenters. The first-order valence-electron chi connectivity index (χ1n) is 9.27. The zero-order valence-electron chi connectivity index (χ0n) is 16.5. The lowest BCUT2D eigenvalue weighted by atomic mass is 9.97. The molecule has 1 aliphatic rings. The fourth-order valence-corrected chi connectivity index (χ4v) is 3.20. The van der Waals surface area contributed by atoms with Crippen molar-refractivity contribution in [3.63, 3.8) is 0 Å². The van der Waals surface area contributed by atoms with Crippen LogP contribution in [-0.2, 0) is 9.53 Å². The molecular formula is C22H22N2O5. The van der Waals surface area contributed by atoms with E-state index in [1.807, 2.05) is 19.9 Å². The minimum atomic E-state index is -1.13. The van der Waals surface area contributed by atoms with Crippen molar-refractivity contribution in [2.24, 2.45) is 0 Å². The van der Waals surface area contributed by atoms with Crippen LogP contribution in [0, 0.1) is 11.3 Å². The Balaban J connectivity index is 2.00. The Labute approximate surface area is 168 Å². The van der Waals surface area contributed by atoms with Crippen molar-refractivity contribution in [2.75, 3.05) is 6.61 Å². The number of pyridine rings is 1. The maximum absolute atomic E-state index is 12.8. The number of carbonyl (C=O) groups is 1. The van der Waals surface area contributed by atoms with Gasteiger partial charge in [-0.1, -0.05) is 0 Å². The van der Waals surface area contributed by atoms with Crippen molar-refractivity contribution in [3.05, 3.63) is 69.6 Å². The fraction of sp³-hybridized carbons (Fsp3) is 0.318. The number of aliphatic hydroxyl groups is 1. The number of fused-ring (bicyclic) bond motifs is 1. The van der Waals surface area contributed by atoms with Crippen molar-refractivity contribution in [2.45, 2.75) is 38.9 Å². The Bertz CT molecular complexity index is 1080. The molecule has 0 saturated heterocycles. The minimum Gasteiger partial charge on any atom is -0.483 e. The first-order valence-corrected chi connectivity index (χ1v) is 9.27. The van der Waals surface area contributed by atoms with Gasteiger partial charge in [0.2, 0.25) is 0 Å². The summed E-state index contributed by atoms with van der Waals surface area (Å²) in [5, 5.41) is 19.4. The van der Waals surface area contributed by atoms with Gasteiger partial charge in [-0.05, 0) is 56.7 Å². The lowest BCUT2D eigenvalue weighted by Gasteiger charge is -2.31. The molecule has 2 aromatic rings. The van der Waals surface area contributed by atoms with Gasteiger partial charge in [-0.3, -0.25) is 14.2 Å². The van der Waals surface area contributed by atoms with E-state index in [4.69, 9.17) is 9.47 Å². The van der Waals surface area contributed by atoms with Crippen molar-refractivity contribution >= 4 is 11.7 Å². The summed E-state index contributed by atoms with van der Waals surface area (Å²) in [6.45, 7) is 5.65. The van der Waals surface area contributed by atoms with E-state index >= 15 is 0 Å². The predicted octanol–water partition coefficient (Wildman–Crippen LogP) is 2.77. The molecule has 7 nitrogen and oxygen atoms in total. The zero-order chi connectivity index (χ0) is 21.2. The van der Waals surface area contributed by atoms with E-state index < -0.39 is 17.7 Å². The number of hydrogen-bond donors (Lipinski definition) is 1. The first kappa shape index (κ1) is 20.4. The molecule has 0 aliphatic carbocycles. The van der Waals surface area contributed by atoms with Crippen LogP contribution < -0.4 is 10.3 Å². The Hall–Kier alpha value is -3.37. The number of ether oxygens (including phenoxy) is 2. The van der Waals surface area contributed by atoms with E-state index in [1.54, 1.807) is 37.4 Å². The number of aromatic nitrogens is 1. The molecule has 1 aromatic carbocycles. The molecule has 1 unspecified atom stereocenters. The Morgan fingerprint density at radius 1 is 1.34 bits per heavy atom. The van der Waals surface area contributed by atoms with Crippen LogP contribution in [0.3, 0.4) is 0 Å². The monoisotopic (exact) mass is 394 g/mol. The fourth-order valence-electron chi connectivity index (χ4n) is 3.20. The van der Waals surface area contributed by atoms with Crippen LogP contribution >= 0.6 is 0 Å². The molecule has 0 saturated carbocycles. The standard InChI is InChI=1S/C22H22N2O5/c1-4-28-21(27)11-18(25)15-7-8-24(20(26)10-15)17-12-22(2,3)29-19-6-5-14(13-23)9-16(17)19/h5-10,12,18,25H,4,11H2,1-3H3. The third-order valence-electron chi connectivity index (χ3n) is 4.50. The maximum atomic E-state index is 12.8. The van der Waals surface area contributed by atoms with E-state index in [0.29, 0.717) is 28.1 Å². The molecule has 0 spiro atoms. The summed E-state index contributed by atoms with van der Waals surface area (Å²) in [4.78, 5) is 24.4. The largest absolute Gasteiger partial charge is 0.483 e. The molecular weight excluding hydrogens is 372 g/mol. The van der Waals surface area contributed by atoms with Gasteiger partial charge in [0.05, 0.1) is 36.5 Å². The molecule has 1 N–H and O–H groups in total. The average Bonchev–Trinajstić information content (AvgIpc) is 2.66. The number of nitrogens with zero attached hydrogens (tertiary/aromatic N) is 2. The highest BCUT2D eigenvalue weighted by Gasteiger charge is 2.28. The molecule has 7 heteroatoms. The summed E-state index contributed by atoms with van der Waals surface area (Å²) in [6.07, 6.45) is 2.00. The first-order chi connectivity index (χ1) is 13.7. The number of carbonyl (C=O) groups excluding carboxylic acids is 1. The van der Waals surface area contributed by atoms with Gasteiger partial charge < -0.3 is 14.6 Å². The van der Waals surface area contributed by atoms with Crippen LogP contribution in [0.2, 0.25) is 0 Å². The summed E-state index contributed by atoms with van der Waals surface area (Å²) in [5.74, 6) is 0.0425. The number of esters is 1. The van der Waals surface area contributed by atoms with Crippen LogP contribution in [0.1, 0.15) is 50.0 Å². The third kappa shape index (κ3) is 4.39. The summed E-state index contributed by atoms with van der Waals surface area (Å²) < 4.78 is 12.2. The second kappa shape index (κ2) is 7.94. The van der Waals surface area contributed by atoms with Gasteiger partial charge in [-0.25, -0.2) is 0 Å². The normalized spacial score (nSPS) is 15.3. The van der Waals surface area contributed by atoms with Gasteiger partial charge in [0.15, 0.2) is 0 Å². The van der Waals surface area contributed by atoms with Crippen LogP contribution in [0.5, 0.6) is 5.75 Å². The van der Waals surface area contributed by atoms with Gasteiger partial charge in [0, 0.05) is 17.8 Å². The molecule has 1 aromatic heterocycles. The van der Waals surface area contributed by atoms with Crippen LogP contribution in [-0.4, -0.2) is 27.9 Å². The smallest absolute Gasteiger partial charge is 0.308 e. The van der Waals surface area contributed by atoms with Gasteiger partial charge in [-0.2, -0.15) is 5.26 Å². The molecule has 0 amide bonds. The van der Waals surface area contributed by atoms with Crippen molar-refractivity contribution < 1.29 is 19.4 Å². The lowest BCUT2D eigenvalue weighted by Crippen LogP contribution is -2.32. The molecule has 150 valence electrons. The molecule has 2 heterocycles. The second-order valence-corrected chi connectivity index (χ2v) is 7.25. The van der Waals surface area contributed by atoms with Gasteiger partial charge in [0.1, 0.15) is 11.4 Å². The molecule has 29 heavy (non-hydrogen) atoms. The predicted molar refractivity (Wildman–Crippen MR) is 106 cm³/mol. The quantitative estimate of drug-likeness (QED) is 0.783. The highest BCUT2D eigenvalue weighted by Crippen LogP contribution is 2.36. The highest BCUT2D eigenvalue weighted by atomic mass is 16.5. The van der Waals surface area contributed by atoms with Crippen LogP contribution in [0.4, 0.5) is 0 Å². The van der Waals surface area contributed by atoms with Crippen LogP contribution in [0.25, 0.3) is 5.70 Å². The maximum Gasteiger partial charge on any atom is 0.308 e. The zero-order valence-corrected chi connectivity index (χ0v) is 16.5. The second-order valence-electron chi connectivity index (χ2n) is 7.25. The number of nitriles is 1. The average molecular weight is 394 g/mol. The Morgan fingerprint density at radius 3 is 2.76 bits per heavy atom. The SMILES string of the molecule is CCOC(=O)CC(O)c1ccn(C2=CC(C)(C)Oc3ccc(C#N)cc32)c(=O)c1. The molecule has 0 bridgehead atoms. The molecule has 0 radical (unpaired) electrons. The number of hydrogen-bond acceptors (Lipinski definition) is 6. The minimum absolute atomic E-state index is 0.225. The summed E-state index contributed by atoms with van der Waals surface area (Å²) in [7, 11) is 0. The van der Waals surface area contributed by atoms with E-state index in [-0.39, 0.29) is 18.6 Å². The highest BCUT2D eigenvalue weighted by molar-refractivity contribution is 5.74. The van der Waals surface area contributed by atoms with Crippen molar-refractivity contribution in [3.8, 4) is 11.8 Å². The van der Waals surface area contributed by atoms with E-state index in [0.717, 1.165) is 0 Å². The molecule has 0 fully saturated rings. The van der Waals surface area contributed by atoms with Gasteiger partial charge in [0.25, 0.3) is 5.56 Å². The Kier molecular flexibility index (Phi) is 5.57. The lowest BCUT2D eigenvalue weighted by molar-refractivity contribution is -0.145. The summed E-state index contributed by atoms with van der Waals surface area (Å²) >= 11 is 0. The van der Waals surface area contributed by atoms with Crippen molar-refractivity contribution in [1.82, 2.24) is 4.57 Å². The van der Waals surface area contributed by atoms with Gasteiger partial charge in [-0.15, -0.1) is 0 Å². The van der Waals surface area contributed by atoms with E-state index in [2.05, 4.69) is 6.07 Å². The molecule has 3 rings (SSSR count). The third-order valence-corrected chi connectivity index (χ3v) is 4.50. The summed E-state index contributed by atoms with van der Waals surface area (Å²) in [6, 6.07) is 10.0. The van der Waals surface area contributed by atoms with E-state index in [1.165, 1.54) is 10.6 Å². The number of rotatable bonds is 5. The van der Waals surface area contributed by atoms with Crippen LogP contribution in [0.15, 0.2) is 47.4 Å². The molecule has 1 aliphatic heterocycles. The topological polar surface area (TPSA) is 102 Å². The van der Waals surface area contributed by atoms with Crippen molar-refractivity contribution in [1.29, 1.82) is 5.26 Å². The summed E-state index contributed by atoms with van der Waals surface area (Å²) in [5.41, 5.74) is 0.973. The Morgan fingerprint density at radius 2 is 2.10 bits per heavy atom. The number of benzene rings is 1. The van der Waals surface area contributed by atoms with E-state index in [9.17, 15) is 20.0 Å².